The number of fused-ring (bicyclic) bond motifs is 1. The average Bonchev–Trinajstić information content (AvgIpc) is 3.18. The van der Waals surface area contributed by atoms with E-state index >= 15 is 0 Å². The van der Waals surface area contributed by atoms with Crippen LogP contribution in [-0.2, 0) is 25.9 Å². The Morgan fingerprint density at radius 3 is 2.87 bits per heavy atom. The Morgan fingerprint density at radius 1 is 1.35 bits per heavy atom. The summed E-state index contributed by atoms with van der Waals surface area (Å²) in [7, 11) is 0. The minimum atomic E-state index is -0.142. The van der Waals surface area contributed by atoms with Gasteiger partial charge in [0, 0.05) is 25.4 Å². The highest BCUT2D eigenvalue weighted by Crippen LogP contribution is 2.17. The predicted octanol–water partition coefficient (Wildman–Crippen LogP) is 1.61. The first-order chi connectivity index (χ1) is 11.1. The van der Waals surface area contributed by atoms with Crippen molar-refractivity contribution in [3.8, 4) is 0 Å². The van der Waals surface area contributed by atoms with E-state index in [1.54, 1.807) is 4.90 Å². The van der Waals surface area contributed by atoms with E-state index in [4.69, 9.17) is 4.52 Å². The highest BCUT2D eigenvalue weighted by atomic mass is 16.5. The summed E-state index contributed by atoms with van der Waals surface area (Å²) in [5.74, 6) is 2.26. The molecule has 3 heterocycles. The Bertz CT molecular complexity index is 690. The van der Waals surface area contributed by atoms with Crippen molar-refractivity contribution in [3.63, 3.8) is 0 Å². The fourth-order valence-corrected chi connectivity index (χ4v) is 2.73. The number of nitrogens with zero attached hydrogens (tertiary/aromatic N) is 6. The first kappa shape index (κ1) is 15.6. The number of hydrogen-bond acceptors (Lipinski definition) is 6. The monoisotopic (exact) mass is 318 g/mol. The Labute approximate surface area is 134 Å². The normalized spacial score (nSPS) is 14.1. The molecule has 8 nitrogen and oxygen atoms in total. The van der Waals surface area contributed by atoms with Crippen LogP contribution in [-0.4, -0.2) is 41.8 Å². The van der Waals surface area contributed by atoms with E-state index in [-0.39, 0.29) is 18.5 Å². The molecule has 0 bridgehead atoms. The molecule has 0 saturated carbocycles. The minimum Gasteiger partial charge on any atom is -0.337 e. The summed E-state index contributed by atoms with van der Waals surface area (Å²) in [6.07, 6.45) is 3.74. The molecule has 0 fully saturated rings. The maximum absolute atomic E-state index is 12.9. The lowest BCUT2D eigenvalue weighted by Crippen LogP contribution is -2.38. The van der Waals surface area contributed by atoms with Crippen molar-refractivity contribution in [2.24, 2.45) is 0 Å². The fraction of sp³-hybridized carbons (Fsp3) is 0.667. The van der Waals surface area contributed by atoms with Crippen molar-refractivity contribution in [3.05, 3.63) is 23.4 Å². The zero-order valence-corrected chi connectivity index (χ0v) is 13.8. The van der Waals surface area contributed by atoms with Gasteiger partial charge in [0.2, 0.25) is 11.7 Å². The molecule has 23 heavy (non-hydrogen) atoms. The molecular formula is C15H22N6O2. The molecule has 124 valence electrons. The van der Waals surface area contributed by atoms with E-state index in [9.17, 15) is 4.79 Å². The molecule has 2 aromatic heterocycles. The van der Waals surface area contributed by atoms with Gasteiger partial charge in [-0.25, -0.2) is 0 Å². The molecule has 3 rings (SSSR count). The molecule has 1 aliphatic heterocycles. The zero-order chi connectivity index (χ0) is 16.4. The van der Waals surface area contributed by atoms with Crippen LogP contribution < -0.4 is 0 Å². The van der Waals surface area contributed by atoms with Crippen LogP contribution in [0.5, 0.6) is 0 Å². The summed E-state index contributed by atoms with van der Waals surface area (Å²) in [5, 5.41) is 12.2. The van der Waals surface area contributed by atoms with Crippen molar-refractivity contribution >= 4 is 5.91 Å². The summed E-state index contributed by atoms with van der Waals surface area (Å²) < 4.78 is 7.16. The summed E-state index contributed by atoms with van der Waals surface area (Å²) in [6, 6.07) is -0.00369. The van der Waals surface area contributed by atoms with Crippen molar-refractivity contribution in [2.75, 3.05) is 0 Å². The molecule has 1 aliphatic rings. The Morgan fingerprint density at radius 2 is 2.17 bits per heavy atom. The van der Waals surface area contributed by atoms with Crippen LogP contribution in [0.15, 0.2) is 4.52 Å². The molecule has 0 spiro atoms. The third-order valence-corrected chi connectivity index (χ3v) is 4.07. The summed E-state index contributed by atoms with van der Waals surface area (Å²) >= 11 is 0. The van der Waals surface area contributed by atoms with Gasteiger partial charge in [-0.05, 0) is 26.7 Å². The number of amides is 1. The van der Waals surface area contributed by atoms with E-state index in [1.165, 1.54) is 0 Å². The van der Waals surface area contributed by atoms with Crippen LogP contribution in [0.4, 0.5) is 0 Å². The van der Waals surface area contributed by atoms with Crippen molar-refractivity contribution in [1.29, 1.82) is 0 Å². The standard InChI is InChI=1S/C15H22N6O2/c1-4-11-16-13(23-19-11)9-21(10(2)3)15(22)14-18-17-12-7-5-6-8-20(12)14/h10H,4-9H2,1-3H3. The third-order valence-electron chi connectivity index (χ3n) is 4.07. The van der Waals surface area contributed by atoms with Crippen LogP contribution in [0, 0.1) is 0 Å². The highest BCUT2D eigenvalue weighted by Gasteiger charge is 2.28. The van der Waals surface area contributed by atoms with Crippen LogP contribution >= 0.6 is 0 Å². The van der Waals surface area contributed by atoms with E-state index in [2.05, 4.69) is 20.3 Å². The van der Waals surface area contributed by atoms with E-state index < -0.39 is 0 Å². The van der Waals surface area contributed by atoms with Gasteiger partial charge in [0.05, 0.1) is 0 Å². The van der Waals surface area contributed by atoms with Crippen LogP contribution in [0.1, 0.15) is 61.8 Å². The maximum atomic E-state index is 12.9. The van der Waals surface area contributed by atoms with Crippen LogP contribution in [0.25, 0.3) is 0 Å². The second-order valence-electron chi connectivity index (χ2n) is 6.03. The van der Waals surface area contributed by atoms with E-state index in [1.807, 2.05) is 25.3 Å². The summed E-state index contributed by atoms with van der Waals surface area (Å²) in [6.45, 7) is 6.97. The molecule has 0 radical (unpaired) electrons. The zero-order valence-electron chi connectivity index (χ0n) is 13.8. The van der Waals surface area contributed by atoms with E-state index in [0.717, 1.165) is 31.6 Å². The highest BCUT2D eigenvalue weighted by molar-refractivity contribution is 5.90. The lowest BCUT2D eigenvalue weighted by molar-refractivity contribution is 0.0648. The number of carbonyl (C=O) groups excluding carboxylic acids is 1. The molecule has 0 saturated heterocycles. The molecule has 0 atom stereocenters. The number of aromatic nitrogens is 5. The Balaban J connectivity index is 1.83. The number of hydrogen-bond donors (Lipinski definition) is 0. The smallest absolute Gasteiger partial charge is 0.292 e. The van der Waals surface area contributed by atoms with Gasteiger partial charge in [0.1, 0.15) is 12.4 Å². The van der Waals surface area contributed by atoms with Crippen molar-refractivity contribution in [1.82, 2.24) is 29.8 Å². The minimum absolute atomic E-state index is 0.00369. The molecule has 1 amide bonds. The van der Waals surface area contributed by atoms with Gasteiger partial charge in [-0.2, -0.15) is 4.98 Å². The van der Waals surface area contributed by atoms with Gasteiger partial charge in [-0.1, -0.05) is 12.1 Å². The first-order valence-corrected chi connectivity index (χ1v) is 8.14. The summed E-state index contributed by atoms with van der Waals surface area (Å²) in [4.78, 5) is 18.9. The van der Waals surface area contributed by atoms with Crippen molar-refractivity contribution < 1.29 is 9.32 Å². The Kier molecular flexibility index (Phi) is 4.40. The number of carbonyl (C=O) groups is 1. The van der Waals surface area contributed by atoms with Gasteiger partial charge in [0.15, 0.2) is 5.82 Å². The van der Waals surface area contributed by atoms with Crippen LogP contribution in [0.2, 0.25) is 0 Å². The molecule has 8 heteroatoms. The molecular weight excluding hydrogens is 296 g/mol. The molecule has 0 aliphatic carbocycles. The molecule has 0 N–H and O–H groups in total. The largest absolute Gasteiger partial charge is 0.337 e. The maximum Gasteiger partial charge on any atom is 0.292 e. The van der Waals surface area contributed by atoms with Crippen LogP contribution in [0.3, 0.4) is 0 Å². The number of aryl methyl sites for hydroxylation is 2. The molecule has 2 aromatic rings. The second kappa shape index (κ2) is 6.47. The quantitative estimate of drug-likeness (QED) is 0.832. The van der Waals surface area contributed by atoms with Crippen molar-refractivity contribution in [2.45, 2.75) is 65.6 Å². The van der Waals surface area contributed by atoms with Gasteiger partial charge in [-0.3, -0.25) is 4.79 Å². The van der Waals surface area contributed by atoms with Gasteiger partial charge in [-0.15, -0.1) is 10.2 Å². The lowest BCUT2D eigenvalue weighted by atomic mass is 10.1. The number of rotatable bonds is 5. The fourth-order valence-electron chi connectivity index (χ4n) is 2.73. The second-order valence-corrected chi connectivity index (χ2v) is 6.03. The predicted molar refractivity (Wildman–Crippen MR) is 81.6 cm³/mol. The average molecular weight is 318 g/mol. The first-order valence-electron chi connectivity index (χ1n) is 8.14. The van der Waals surface area contributed by atoms with Gasteiger partial charge >= 0.3 is 0 Å². The van der Waals surface area contributed by atoms with E-state index in [0.29, 0.717) is 24.0 Å². The Hall–Kier alpha value is -2.25. The topological polar surface area (TPSA) is 89.9 Å². The van der Waals surface area contributed by atoms with Gasteiger partial charge in [0.25, 0.3) is 5.91 Å². The van der Waals surface area contributed by atoms with Gasteiger partial charge < -0.3 is 14.0 Å². The molecule has 0 aromatic carbocycles. The third kappa shape index (κ3) is 3.11. The molecule has 0 unspecified atom stereocenters. The lowest BCUT2D eigenvalue weighted by Gasteiger charge is -2.25. The SMILES string of the molecule is CCc1noc(CN(C(=O)c2nnc3n2CCCC3)C(C)C)n1. The summed E-state index contributed by atoms with van der Waals surface area (Å²) in [5.41, 5.74) is 0.